The topological polar surface area (TPSA) is 96.0 Å². The van der Waals surface area contributed by atoms with Crippen LogP contribution in [0.5, 0.6) is 0 Å². The van der Waals surface area contributed by atoms with Crippen molar-refractivity contribution in [2.45, 2.75) is 36.9 Å². The average Bonchev–Trinajstić information content (AvgIpc) is 2.36. The molecule has 1 aromatic carbocycles. The molecule has 0 aliphatic rings. The average molecular weight is 323 g/mol. The number of sulfonamides is 1. The number of alkyl halides is 3. The maximum Gasteiger partial charge on any atom is 0.416 e. The Hall–Kier alpha value is -1.61. The maximum atomic E-state index is 12.6. The van der Waals surface area contributed by atoms with Crippen molar-refractivity contribution in [3.63, 3.8) is 0 Å². The predicted octanol–water partition coefficient (Wildman–Crippen LogP) is 2.09. The number of nitrogens with two attached hydrogens (primary N) is 1. The first-order valence-corrected chi connectivity index (χ1v) is 7.57. The van der Waals surface area contributed by atoms with E-state index in [0.29, 0.717) is 12.5 Å². The minimum Gasteiger partial charge on any atom is -0.388 e. The molecule has 0 aliphatic carbocycles. The first-order chi connectivity index (χ1) is 9.56. The SMILES string of the molecule is CCC(CC(=N)N)NS(=O)(=O)c1cccc(C(F)(F)F)c1. The molecular weight excluding hydrogens is 307 g/mol. The van der Waals surface area contributed by atoms with Crippen molar-refractivity contribution in [3.05, 3.63) is 29.8 Å². The van der Waals surface area contributed by atoms with Gasteiger partial charge < -0.3 is 5.73 Å². The third kappa shape index (κ3) is 5.01. The normalized spacial score (nSPS) is 13.9. The molecule has 0 heterocycles. The van der Waals surface area contributed by atoms with Gasteiger partial charge in [-0.2, -0.15) is 13.2 Å². The van der Waals surface area contributed by atoms with Gasteiger partial charge in [-0.05, 0) is 24.6 Å². The standard InChI is InChI=1S/C12H16F3N3O2S/c1-2-9(7-11(16)17)18-21(19,20)10-5-3-4-8(6-10)12(13,14)15/h3-6,9,18H,2,7H2,1H3,(H3,16,17). The summed E-state index contributed by atoms with van der Waals surface area (Å²) in [4.78, 5) is -0.473. The van der Waals surface area contributed by atoms with Gasteiger partial charge in [-0.25, -0.2) is 13.1 Å². The fraction of sp³-hybridized carbons (Fsp3) is 0.417. The Morgan fingerprint density at radius 1 is 1.43 bits per heavy atom. The predicted molar refractivity (Wildman–Crippen MR) is 72.4 cm³/mol. The Labute approximate surface area is 120 Å². The zero-order valence-corrected chi connectivity index (χ0v) is 12.1. The van der Waals surface area contributed by atoms with E-state index in [1.165, 1.54) is 0 Å². The van der Waals surface area contributed by atoms with E-state index in [9.17, 15) is 21.6 Å². The zero-order valence-electron chi connectivity index (χ0n) is 11.2. The molecule has 0 fully saturated rings. The van der Waals surface area contributed by atoms with Crippen molar-refractivity contribution in [2.24, 2.45) is 5.73 Å². The van der Waals surface area contributed by atoms with Crippen molar-refractivity contribution in [3.8, 4) is 0 Å². The number of hydrogen-bond acceptors (Lipinski definition) is 3. The van der Waals surface area contributed by atoms with Crippen LogP contribution in [0, 0.1) is 5.41 Å². The van der Waals surface area contributed by atoms with Gasteiger partial charge in [0, 0.05) is 12.5 Å². The van der Waals surface area contributed by atoms with Crippen LogP contribution < -0.4 is 10.5 Å². The molecule has 0 spiro atoms. The van der Waals surface area contributed by atoms with E-state index in [-0.39, 0.29) is 12.3 Å². The van der Waals surface area contributed by atoms with Crippen LogP contribution in [0.4, 0.5) is 13.2 Å². The fourth-order valence-corrected chi connectivity index (χ4v) is 3.03. The first kappa shape index (κ1) is 17.4. The molecule has 0 bridgehead atoms. The van der Waals surface area contributed by atoms with E-state index < -0.39 is 32.7 Å². The van der Waals surface area contributed by atoms with Crippen LogP contribution in [0.1, 0.15) is 25.3 Å². The van der Waals surface area contributed by atoms with Gasteiger partial charge in [0.2, 0.25) is 10.0 Å². The molecule has 0 aromatic heterocycles. The molecule has 1 aromatic rings. The highest BCUT2D eigenvalue weighted by Gasteiger charge is 2.32. The quantitative estimate of drug-likeness (QED) is 0.552. The zero-order chi connectivity index (χ0) is 16.3. The lowest BCUT2D eigenvalue weighted by Crippen LogP contribution is -2.37. The second kappa shape index (κ2) is 6.44. The summed E-state index contributed by atoms with van der Waals surface area (Å²) >= 11 is 0. The lowest BCUT2D eigenvalue weighted by atomic mass is 10.1. The van der Waals surface area contributed by atoms with Crippen molar-refractivity contribution in [2.75, 3.05) is 0 Å². The first-order valence-electron chi connectivity index (χ1n) is 6.08. The van der Waals surface area contributed by atoms with Crippen LogP contribution in [-0.2, 0) is 16.2 Å². The van der Waals surface area contributed by atoms with Gasteiger partial charge in [0.15, 0.2) is 0 Å². The lowest BCUT2D eigenvalue weighted by Gasteiger charge is -2.17. The molecule has 21 heavy (non-hydrogen) atoms. The molecule has 0 amide bonds. The lowest BCUT2D eigenvalue weighted by molar-refractivity contribution is -0.137. The number of hydrogen-bond donors (Lipinski definition) is 3. The van der Waals surface area contributed by atoms with Gasteiger partial charge >= 0.3 is 6.18 Å². The number of nitrogens with one attached hydrogen (secondary N) is 2. The van der Waals surface area contributed by atoms with E-state index in [4.69, 9.17) is 11.1 Å². The summed E-state index contributed by atoms with van der Waals surface area (Å²) in [5.41, 5.74) is 4.17. The monoisotopic (exact) mass is 323 g/mol. The molecule has 118 valence electrons. The van der Waals surface area contributed by atoms with E-state index in [1.54, 1.807) is 6.92 Å². The summed E-state index contributed by atoms with van der Waals surface area (Å²) in [7, 11) is -4.10. The van der Waals surface area contributed by atoms with Crippen LogP contribution in [0.2, 0.25) is 0 Å². The summed E-state index contributed by atoms with van der Waals surface area (Å²) in [6, 6.07) is 2.85. The third-order valence-electron chi connectivity index (χ3n) is 2.75. The van der Waals surface area contributed by atoms with Gasteiger partial charge in [0.1, 0.15) is 0 Å². The molecule has 0 saturated carbocycles. The maximum absolute atomic E-state index is 12.6. The molecule has 4 N–H and O–H groups in total. The van der Waals surface area contributed by atoms with Crippen LogP contribution in [0.15, 0.2) is 29.2 Å². The fourth-order valence-electron chi connectivity index (χ4n) is 1.66. The van der Waals surface area contributed by atoms with Crippen molar-refractivity contribution in [1.82, 2.24) is 4.72 Å². The molecule has 1 rings (SSSR count). The summed E-state index contributed by atoms with van der Waals surface area (Å²) in [5, 5.41) is 7.15. The highest BCUT2D eigenvalue weighted by atomic mass is 32.2. The van der Waals surface area contributed by atoms with Crippen LogP contribution in [0.3, 0.4) is 0 Å². The van der Waals surface area contributed by atoms with Crippen LogP contribution in [0.25, 0.3) is 0 Å². The van der Waals surface area contributed by atoms with Crippen LogP contribution in [-0.4, -0.2) is 20.3 Å². The molecule has 0 aliphatic heterocycles. The number of rotatable bonds is 6. The van der Waals surface area contributed by atoms with Crippen LogP contribution >= 0.6 is 0 Å². The number of amidine groups is 1. The Morgan fingerprint density at radius 3 is 2.52 bits per heavy atom. The van der Waals surface area contributed by atoms with Crippen molar-refractivity contribution < 1.29 is 21.6 Å². The number of halogens is 3. The Balaban J connectivity index is 3.05. The largest absolute Gasteiger partial charge is 0.416 e. The highest BCUT2D eigenvalue weighted by Crippen LogP contribution is 2.30. The molecule has 1 atom stereocenters. The second-order valence-corrected chi connectivity index (χ2v) is 6.20. The van der Waals surface area contributed by atoms with Gasteiger partial charge in [0.25, 0.3) is 0 Å². The Bertz CT molecular complexity index is 614. The molecule has 1 unspecified atom stereocenters. The molecule has 0 radical (unpaired) electrons. The van der Waals surface area contributed by atoms with Gasteiger partial charge in [-0.15, -0.1) is 0 Å². The van der Waals surface area contributed by atoms with Gasteiger partial charge in [-0.1, -0.05) is 13.0 Å². The molecule has 9 heteroatoms. The van der Waals surface area contributed by atoms with Crippen molar-refractivity contribution >= 4 is 15.9 Å². The smallest absolute Gasteiger partial charge is 0.388 e. The highest BCUT2D eigenvalue weighted by molar-refractivity contribution is 7.89. The minimum absolute atomic E-state index is 0.00527. The summed E-state index contributed by atoms with van der Waals surface area (Å²) < 4.78 is 64.2. The van der Waals surface area contributed by atoms with E-state index in [2.05, 4.69) is 4.72 Å². The van der Waals surface area contributed by atoms with Crippen molar-refractivity contribution in [1.29, 1.82) is 5.41 Å². The summed E-state index contributed by atoms with van der Waals surface area (Å²) in [6.07, 6.45) is -4.26. The Kier molecular flexibility index (Phi) is 5.35. The molecule has 5 nitrogen and oxygen atoms in total. The van der Waals surface area contributed by atoms with Gasteiger partial charge in [0.05, 0.1) is 16.3 Å². The summed E-state index contributed by atoms with van der Waals surface area (Å²) in [5.74, 6) is -0.200. The number of benzene rings is 1. The Morgan fingerprint density at radius 2 is 2.05 bits per heavy atom. The summed E-state index contributed by atoms with van der Waals surface area (Å²) in [6.45, 7) is 1.68. The van der Waals surface area contributed by atoms with Gasteiger partial charge in [-0.3, -0.25) is 5.41 Å². The minimum atomic E-state index is -4.62. The van der Waals surface area contributed by atoms with E-state index >= 15 is 0 Å². The third-order valence-corrected chi connectivity index (χ3v) is 4.27. The molecule has 0 saturated heterocycles. The second-order valence-electron chi connectivity index (χ2n) is 4.48. The van der Waals surface area contributed by atoms with E-state index in [0.717, 1.165) is 18.2 Å². The van der Waals surface area contributed by atoms with E-state index in [1.807, 2.05) is 0 Å². The molecular formula is C12H16F3N3O2S.